The molecule has 3 nitrogen and oxygen atoms in total. The number of hydrogen-bond acceptors (Lipinski definition) is 3. The van der Waals surface area contributed by atoms with Gasteiger partial charge >= 0.3 is 5.97 Å². The Morgan fingerprint density at radius 2 is 2.29 bits per heavy atom. The van der Waals surface area contributed by atoms with Crippen LogP contribution in [-0.4, -0.2) is 24.3 Å². The van der Waals surface area contributed by atoms with Crippen LogP contribution in [0.5, 0.6) is 0 Å². The highest BCUT2D eigenvalue weighted by Crippen LogP contribution is 2.34. The van der Waals surface area contributed by atoms with Crippen LogP contribution in [0, 0.1) is 0 Å². The molecule has 1 aliphatic carbocycles. The number of ether oxygens (including phenoxy) is 1. The van der Waals surface area contributed by atoms with Gasteiger partial charge in [0.1, 0.15) is 0 Å². The van der Waals surface area contributed by atoms with E-state index < -0.39 is 12.1 Å². The summed E-state index contributed by atoms with van der Waals surface area (Å²) >= 11 is 0. The molecule has 1 aromatic rings. The Kier molecular flexibility index (Phi) is 3.79. The minimum absolute atomic E-state index is 0.272. The van der Waals surface area contributed by atoms with Crippen LogP contribution in [0.25, 0.3) is 0 Å². The van der Waals surface area contributed by atoms with Crippen LogP contribution in [0.2, 0.25) is 0 Å². The summed E-state index contributed by atoms with van der Waals surface area (Å²) < 4.78 is 4.55. The quantitative estimate of drug-likeness (QED) is 0.814. The average Bonchev–Trinajstić information content (AvgIpc) is 2.38. The molecule has 2 rings (SSSR count). The first-order chi connectivity index (χ1) is 8.22. The molecule has 2 unspecified atom stereocenters. The second kappa shape index (κ2) is 5.32. The summed E-state index contributed by atoms with van der Waals surface area (Å²) in [6, 6.07) is 8.29. The van der Waals surface area contributed by atoms with Crippen molar-refractivity contribution in [3.8, 4) is 0 Å². The summed E-state index contributed by atoms with van der Waals surface area (Å²) in [6.45, 7) is 0. The molecule has 0 amide bonds. The zero-order valence-electron chi connectivity index (χ0n) is 10.1. The number of hydrogen-bond donors (Lipinski definition) is 1. The van der Waals surface area contributed by atoms with Crippen LogP contribution >= 0.6 is 0 Å². The molecule has 2 atom stereocenters. The first-order valence-corrected chi connectivity index (χ1v) is 6.06. The summed E-state index contributed by atoms with van der Waals surface area (Å²) in [7, 11) is 1.31. The molecule has 0 fully saturated rings. The third-order valence-electron chi connectivity index (χ3n) is 3.47. The van der Waals surface area contributed by atoms with Gasteiger partial charge in [0, 0.05) is 0 Å². The summed E-state index contributed by atoms with van der Waals surface area (Å²) in [6.07, 6.45) is 2.71. The van der Waals surface area contributed by atoms with E-state index in [0.29, 0.717) is 6.42 Å². The Bertz CT molecular complexity index is 400. The van der Waals surface area contributed by atoms with Crippen molar-refractivity contribution < 1.29 is 14.6 Å². The fourth-order valence-electron chi connectivity index (χ4n) is 2.60. The van der Waals surface area contributed by atoms with E-state index in [-0.39, 0.29) is 5.92 Å². The average molecular weight is 234 g/mol. The molecule has 1 aliphatic rings. The fourth-order valence-corrected chi connectivity index (χ4v) is 2.60. The molecule has 0 radical (unpaired) electrons. The number of aliphatic hydroxyl groups is 1. The molecule has 0 spiro atoms. The monoisotopic (exact) mass is 234 g/mol. The third kappa shape index (κ3) is 2.67. The Labute approximate surface area is 101 Å². The Hall–Kier alpha value is -1.35. The van der Waals surface area contributed by atoms with Gasteiger partial charge in [-0.2, -0.15) is 0 Å². The summed E-state index contributed by atoms with van der Waals surface area (Å²) in [5, 5.41) is 9.72. The number of carbonyl (C=O) groups is 1. The maximum atomic E-state index is 11.2. The second-order valence-corrected chi connectivity index (χ2v) is 4.56. The number of aryl methyl sites for hydroxylation is 1. The third-order valence-corrected chi connectivity index (χ3v) is 3.47. The lowest BCUT2D eigenvalue weighted by atomic mass is 9.80. The van der Waals surface area contributed by atoms with Gasteiger partial charge in [0.25, 0.3) is 0 Å². The topological polar surface area (TPSA) is 46.5 Å². The molecule has 0 heterocycles. The molecule has 17 heavy (non-hydrogen) atoms. The minimum atomic E-state index is -1.00. The number of methoxy groups -OCH3 is 1. The summed E-state index contributed by atoms with van der Waals surface area (Å²) in [4.78, 5) is 11.2. The van der Waals surface area contributed by atoms with Crippen LogP contribution in [0.3, 0.4) is 0 Å². The van der Waals surface area contributed by atoms with Crippen molar-refractivity contribution in [1.29, 1.82) is 0 Å². The van der Waals surface area contributed by atoms with Gasteiger partial charge in [-0.3, -0.25) is 0 Å². The van der Waals surface area contributed by atoms with E-state index >= 15 is 0 Å². The molecule has 0 aliphatic heterocycles. The van der Waals surface area contributed by atoms with Gasteiger partial charge in [-0.05, 0) is 42.7 Å². The maximum Gasteiger partial charge on any atom is 0.334 e. The largest absolute Gasteiger partial charge is 0.467 e. The number of aliphatic hydroxyl groups excluding tert-OH is 1. The smallest absolute Gasteiger partial charge is 0.334 e. The Morgan fingerprint density at radius 1 is 1.53 bits per heavy atom. The van der Waals surface area contributed by atoms with Crippen molar-refractivity contribution in [2.45, 2.75) is 37.7 Å². The van der Waals surface area contributed by atoms with Gasteiger partial charge in [0.15, 0.2) is 6.10 Å². The van der Waals surface area contributed by atoms with Crippen molar-refractivity contribution in [3.05, 3.63) is 35.4 Å². The van der Waals surface area contributed by atoms with Crippen LogP contribution in [0.4, 0.5) is 0 Å². The van der Waals surface area contributed by atoms with E-state index in [9.17, 15) is 9.90 Å². The zero-order valence-corrected chi connectivity index (χ0v) is 10.1. The highest BCUT2D eigenvalue weighted by molar-refractivity contribution is 5.74. The van der Waals surface area contributed by atoms with Crippen molar-refractivity contribution >= 4 is 5.97 Å². The van der Waals surface area contributed by atoms with Crippen molar-refractivity contribution in [2.75, 3.05) is 7.11 Å². The van der Waals surface area contributed by atoms with Gasteiger partial charge in [-0.25, -0.2) is 4.79 Å². The van der Waals surface area contributed by atoms with E-state index in [1.54, 1.807) is 0 Å². The second-order valence-electron chi connectivity index (χ2n) is 4.56. The van der Waals surface area contributed by atoms with Gasteiger partial charge in [0.2, 0.25) is 0 Å². The fraction of sp³-hybridized carbons (Fsp3) is 0.500. The van der Waals surface area contributed by atoms with E-state index in [1.165, 1.54) is 18.2 Å². The van der Waals surface area contributed by atoms with E-state index in [0.717, 1.165) is 19.3 Å². The lowest BCUT2D eigenvalue weighted by Crippen LogP contribution is -2.25. The lowest BCUT2D eigenvalue weighted by Gasteiger charge is -2.26. The number of carbonyl (C=O) groups excluding carboxylic acids is 1. The molecule has 1 N–H and O–H groups in total. The van der Waals surface area contributed by atoms with E-state index in [1.807, 2.05) is 12.1 Å². The molecule has 0 saturated carbocycles. The number of rotatable bonds is 3. The predicted octanol–water partition coefficient (Wildman–Crippen LogP) is 2.03. The normalized spacial score (nSPS) is 20.5. The lowest BCUT2D eigenvalue weighted by molar-refractivity contribution is -0.151. The van der Waals surface area contributed by atoms with Gasteiger partial charge < -0.3 is 9.84 Å². The van der Waals surface area contributed by atoms with Crippen molar-refractivity contribution in [2.24, 2.45) is 0 Å². The standard InChI is InChI=1S/C14H18O3/c1-17-14(16)13(15)9-11-7-4-6-10-5-2-3-8-12(10)11/h2-3,5,8,11,13,15H,4,6-7,9H2,1H3. The molecule has 1 aromatic carbocycles. The van der Waals surface area contributed by atoms with Gasteiger partial charge in [0.05, 0.1) is 7.11 Å². The first-order valence-electron chi connectivity index (χ1n) is 6.06. The highest BCUT2D eigenvalue weighted by Gasteiger charge is 2.25. The SMILES string of the molecule is COC(=O)C(O)CC1CCCc2ccccc21. The molecule has 0 aromatic heterocycles. The number of fused-ring (bicyclic) bond motifs is 1. The Morgan fingerprint density at radius 3 is 3.06 bits per heavy atom. The van der Waals surface area contributed by atoms with Crippen molar-refractivity contribution in [1.82, 2.24) is 0 Å². The van der Waals surface area contributed by atoms with Crippen molar-refractivity contribution in [3.63, 3.8) is 0 Å². The summed E-state index contributed by atoms with van der Waals surface area (Å²) in [5.74, 6) is -0.262. The molecule has 0 saturated heterocycles. The van der Waals surface area contributed by atoms with Gasteiger partial charge in [-0.15, -0.1) is 0 Å². The highest BCUT2D eigenvalue weighted by atomic mass is 16.5. The van der Waals surface area contributed by atoms with Crippen LogP contribution in [0.1, 0.15) is 36.3 Å². The molecular formula is C14H18O3. The first kappa shape index (κ1) is 12.1. The molecule has 3 heteroatoms. The number of esters is 1. The van der Waals surface area contributed by atoms with E-state index in [4.69, 9.17) is 0 Å². The Balaban J connectivity index is 2.11. The number of benzene rings is 1. The molecular weight excluding hydrogens is 216 g/mol. The minimum Gasteiger partial charge on any atom is -0.467 e. The van der Waals surface area contributed by atoms with Gasteiger partial charge in [-0.1, -0.05) is 24.3 Å². The zero-order chi connectivity index (χ0) is 12.3. The maximum absolute atomic E-state index is 11.2. The molecule has 92 valence electrons. The van der Waals surface area contributed by atoms with Crippen LogP contribution in [-0.2, 0) is 16.0 Å². The van der Waals surface area contributed by atoms with E-state index in [2.05, 4.69) is 16.9 Å². The van der Waals surface area contributed by atoms with Crippen LogP contribution < -0.4 is 0 Å². The summed E-state index contributed by atoms with van der Waals surface area (Å²) in [5.41, 5.74) is 2.63. The molecule has 0 bridgehead atoms. The van der Waals surface area contributed by atoms with Crippen LogP contribution in [0.15, 0.2) is 24.3 Å². The predicted molar refractivity (Wildman–Crippen MR) is 64.8 cm³/mol.